The zero-order chi connectivity index (χ0) is 20.4. The topological polar surface area (TPSA) is 116 Å². The Morgan fingerprint density at radius 1 is 1.28 bits per heavy atom. The molecule has 29 heavy (non-hydrogen) atoms. The van der Waals surface area contributed by atoms with Gasteiger partial charge in [0.25, 0.3) is 0 Å². The van der Waals surface area contributed by atoms with Crippen molar-refractivity contribution < 1.29 is 15.0 Å². The van der Waals surface area contributed by atoms with Crippen molar-refractivity contribution in [3.8, 4) is 11.3 Å². The van der Waals surface area contributed by atoms with Gasteiger partial charge in [0.1, 0.15) is 5.69 Å². The molecule has 2 fully saturated rings. The molecule has 1 amide bonds. The molecule has 4 atom stereocenters. The van der Waals surface area contributed by atoms with E-state index in [1.807, 2.05) is 23.2 Å². The van der Waals surface area contributed by atoms with E-state index in [2.05, 4.69) is 20.6 Å². The third-order valence-electron chi connectivity index (χ3n) is 6.11. The van der Waals surface area contributed by atoms with Crippen molar-refractivity contribution in [2.75, 3.05) is 13.1 Å². The van der Waals surface area contributed by atoms with Crippen molar-refractivity contribution in [3.05, 3.63) is 30.7 Å². The van der Waals surface area contributed by atoms with E-state index in [1.165, 1.54) is 0 Å². The number of piperidine rings is 1. The highest BCUT2D eigenvalue weighted by Crippen LogP contribution is 2.29. The first-order valence-electron chi connectivity index (χ1n) is 10.2. The van der Waals surface area contributed by atoms with Crippen molar-refractivity contribution in [3.63, 3.8) is 0 Å². The maximum Gasteiger partial charge on any atom is 0.219 e. The summed E-state index contributed by atoms with van der Waals surface area (Å²) in [6, 6.07) is 3.86. The predicted molar refractivity (Wildman–Crippen MR) is 106 cm³/mol. The molecule has 0 aromatic carbocycles. The second kappa shape index (κ2) is 8.56. The lowest BCUT2D eigenvalue weighted by molar-refractivity contribution is -0.129. The summed E-state index contributed by atoms with van der Waals surface area (Å²) < 4.78 is 1.72. The number of rotatable bonds is 5. The summed E-state index contributed by atoms with van der Waals surface area (Å²) in [5, 5.41) is 32.9. The van der Waals surface area contributed by atoms with Gasteiger partial charge < -0.3 is 20.4 Å². The molecule has 3 N–H and O–H groups in total. The highest BCUT2D eigenvalue weighted by molar-refractivity contribution is 5.73. The Labute approximate surface area is 169 Å². The van der Waals surface area contributed by atoms with Gasteiger partial charge in [0.15, 0.2) is 0 Å². The van der Waals surface area contributed by atoms with Gasteiger partial charge in [0.05, 0.1) is 18.4 Å². The smallest absolute Gasteiger partial charge is 0.219 e. The van der Waals surface area contributed by atoms with E-state index >= 15 is 0 Å². The number of likely N-dealkylation sites (tertiary alicyclic amines) is 1. The summed E-state index contributed by atoms with van der Waals surface area (Å²) in [5.74, 6) is 0.00146. The maximum atomic E-state index is 11.5. The van der Waals surface area contributed by atoms with Gasteiger partial charge >= 0.3 is 0 Å². The largest absolute Gasteiger partial charge is 0.390 e. The molecule has 1 aliphatic carbocycles. The van der Waals surface area contributed by atoms with Crippen molar-refractivity contribution in [2.24, 2.45) is 5.92 Å². The van der Waals surface area contributed by atoms with Crippen molar-refractivity contribution in [1.29, 1.82) is 0 Å². The number of amides is 1. The van der Waals surface area contributed by atoms with Crippen LogP contribution in [0.15, 0.2) is 30.7 Å². The van der Waals surface area contributed by atoms with Crippen LogP contribution in [-0.4, -0.2) is 78.4 Å². The fourth-order valence-corrected chi connectivity index (χ4v) is 4.41. The molecule has 3 heterocycles. The number of hydrogen-bond acceptors (Lipinski definition) is 7. The van der Waals surface area contributed by atoms with E-state index < -0.39 is 12.2 Å². The first-order valence-corrected chi connectivity index (χ1v) is 10.2. The monoisotopic (exact) mass is 400 g/mol. The quantitative estimate of drug-likeness (QED) is 0.649. The van der Waals surface area contributed by atoms with Crippen LogP contribution in [0.2, 0.25) is 0 Å². The van der Waals surface area contributed by atoms with Gasteiger partial charge in [-0.25, -0.2) is 0 Å². The summed E-state index contributed by atoms with van der Waals surface area (Å²) in [6.07, 6.45) is 6.05. The van der Waals surface area contributed by atoms with Gasteiger partial charge in [0, 0.05) is 62.5 Å². The fraction of sp³-hybridized carbons (Fsp3) is 0.600. The van der Waals surface area contributed by atoms with Crippen LogP contribution >= 0.6 is 0 Å². The Balaban J connectivity index is 1.33. The molecule has 0 spiro atoms. The highest BCUT2D eigenvalue weighted by Gasteiger charge is 2.42. The second-order valence-electron chi connectivity index (χ2n) is 8.10. The van der Waals surface area contributed by atoms with E-state index in [1.54, 1.807) is 24.0 Å². The molecule has 2 aromatic heterocycles. The Kier molecular flexibility index (Phi) is 5.89. The number of nitrogens with one attached hydrogen (secondary N) is 1. The van der Waals surface area contributed by atoms with Crippen LogP contribution < -0.4 is 5.32 Å². The summed E-state index contributed by atoms with van der Waals surface area (Å²) >= 11 is 0. The molecule has 2 aliphatic rings. The number of carbonyl (C=O) groups is 1. The lowest BCUT2D eigenvalue weighted by atomic mass is 10.0. The zero-order valence-corrected chi connectivity index (χ0v) is 16.6. The molecule has 156 valence electrons. The highest BCUT2D eigenvalue weighted by atomic mass is 16.3. The number of carbonyl (C=O) groups excluding carboxylic acids is 1. The molecule has 1 saturated carbocycles. The van der Waals surface area contributed by atoms with Crippen LogP contribution in [0.4, 0.5) is 0 Å². The van der Waals surface area contributed by atoms with Crippen molar-refractivity contribution in [1.82, 2.24) is 30.2 Å². The summed E-state index contributed by atoms with van der Waals surface area (Å²) in [5.41, 5.74) is 1.63. The fourth-order valence-electron chi connectivity index (χ4n) is 4.41. The zero-order valence-electron chi connectivity index (χ0n) is 16.6. The van der Waals surface area contributed by atoms with E-state index in [0.29, 0.717) is 13.0 Å². The number of nitrogens with zero attached hydrogens (tertiary/aromatic N) is 5. The minimum absolute atomic E-state index is 0.108. The van der Waals surface area contributed by atoms with Gasteiger partial charge in [-0.15, -0.1) is 5.10 Å². The molecular weight excluding hydrogens is 372 g/mol. The molecule has 0 radical (unpaired) electrons. The third-order valence-corrected chi connectivity index (χ3v) is 6.11. The summed E-state index contributed by atoms with van der Waals surface area (Å²) in [4.78, 5) is 17.4. The minimum atomic E-state index is -0.813. The van der Waals surface area contributed by atoms with Crippen LogP contribution in [0.5, 0.6) is 0 Å². The number of aliphatic hydroxyl groups is 2. The van der Waals surface area contributed by atoms with E-state index in [-0.39, 0.29) is 23.9 Å². The average Bonchev–Trinajstić information content (AvgIpc) is 3.30. The van der Waals surface area contributed by atoms with Crippen LogP contribution in [-0.2, 0) is 11.3 Å². The van der Waals surface area contributed by atoms with E-state index in [0.717, 1.165) is 37.2 Å². The van der Waals surface area contributed by atoms with Gasteiger partial charge in [-0.3, -0.25) is 14.5 Å². The van der Waals surface area contributed by atoms with Crippen LogP contribution in [0.1, 0.15) is 26.2 Å². The Bertz CT molecular complexity index is 821. The minimum Gasteiger partial charge on any atom is -0.390 e. The number of aliphatic hydroxyl groups excluding tert-OH is 2. The molecule has 9 heteroatoms. The summed E-state index contributed by atoms with van der Waals surface area (Å²) in [6.45, 7) is 3.56. The molecular formula is C20H28N6O3. The van der Waals surface area contributed by atoms with Gasteiger partial charge in [-0.1, -0.05) is 5.21 Å². The van der Waals surface area contributed by atoms with Crippen molar-refractivity contribution >= 4 is 5.91 Å². The maximum absolute atomic E-state index is 11.5. The standard InChI is InChI=1S/C20H28N6O3/c1-13(27)25-7-4-16(5-8-25)22-17-9-15(19(28)20(17)29)11-26-12-18(23-24-26)14-3-2-6-21-10-14/h2-3,6,10,12,15-17,19-20,22,28-29H,4-5,7-9,11H2,1H3/t15-,17-,19-,20+/m1/s1. The van der Waals surface area contributed by atoms with Gasteiger partial charge in [-0.05, 0) is 31.4 Å². The summed E-state index contributed by atoms with van der Waals surface area (Å²) in [7, 11) is 0. The van der Waals surface area contributed by atoms with Gasteiger partial charge in [-0.2, -0.15) is 0 Å². The number of pyridine rings is 1. The van der Waals surface area contributed by atoms with E-state index in [9.17, 15) is 15.0 Å². The van der Waals surface area contributed by atoms with Crippen LogP contribution in [0.3, 0.4) is 0 Å². The lowest BCUT2D eigenvalue weighted by Gasteiger charge is -2.34. The molecule has 1 aliphatic heterocycles. The first kappa shape index (κ1) is 19.9. The molecule has 4 rings (SSSR count). The van der Waals surface area contributed by atoms with E-state index in [4.69, 9.17) is 0 Å². The van der Waals surface area contributed by atoms with Crippen LogP contribution in [0.25, 0.3) is 11.3 Å². The molecule has 0 unspecified atom stereocenters. The number of aromatic nitrogens is 4. The second-order valence-corrected chi connectivity index (χ2v) is 8.10. The Morgan fingerprint density at radius 2 is 2.07 bits per heavy atom. The molecule has 0 bridgehead atoms. The lowest BCUT2D eigenvalue weighted by Crippen LogP contribution is -2.50. The molecule has 9 nitrogen and oxygen atoms in total. The normalized spacial score (nSPS) is 28.0. The molecule has 1 saturated heterocycles. The Morgan fingerprint density at radius 3 is 2.76 bits per heavy atom. The SMILES string of the molecule is CC(=O)N1CCC(N[C@@H]2C[C@H](Cn3cc(-c4cccnc4)nn3)[C@@H](O)[C@H]2O)CC1. The Hall–Kier alpha value is -2.36. The van der Waals surface area contributed by atoms with Gasteiger partial charge in [0.2, 0.25) is 5.91 Å². The first-order chi connectivity index (χ1) is 14.0. The average molecular weight is 400 g/mol. The van der Waals surface area contributed by atoms with Crippen molar-refractivity contribution in [2.45, 2.75) is 57.0 Å². The predicted octanol–water partition coefficient (Wildman–Crippen LogP) is 0.0509. The molecule has 2 aromatic rings. The van der Waals surface area contributed by atoms with Crippen LogP contribution in [0, 0.1) is 5.92 Å². The third kappa shape index (κ3) is 4.47. The number of hydrogen-bond donors (Lipinski definition) is 3.